The average Bonchev–Trinajstić information content (AvgIpc) is 2.89. The molecule has 1 fully saturated rings. The van der Waals surface area contributed by atoms with Crippen LogP contribution in [0.2, 0.25) is 0 Å². The fourth-order valence-corrected chi connectivity index (χ4v) is 2.94. The maximum Gasteiger partial charge on any atom is 0.325 e. The van der Waals surface area contributed by atoms with E-state index in [2.05, 4.69) is 5.32 Å². The molecule has 1 unspecified atom stereocenters. The first kappa shape index (κ1) is 18.4. The summed E-state index contributed by atoms with van der Waals surface area (Å²) < 4.78 is 5.57. The average molecular weight is 369 g/mol. The smallest absolute Gasteiger partial charge is 0.325 e. The van der Waals surface area contributed by atoms with Crippen LogP contribution in [0.15, 0.2) is 54.6 Å². The largest absolute Gasteiger partial charge is 0.494 e. The van der Waals surface area contributed by atoms with Crippen LogP contribution in [0, 0.1) is 10.1 Å². The number of nitro benzene ring substituents is 1. The molecule has 3 rings (SSSR count). The lowest BCUT2D eigenvalue weighted by Crippen LogP contribution is -2.41. The van der Waals surface area contributed by atoms with Gasteiger partial charge in [-0.3, -0.25) is 19.8 Å². The highest BCUT2D eigenvalue weighted by molar-refractivity contribution is 6.07. The number of rotatable bonds is 7. The summed E-state index contributed by atoms with van der Waals surface area (Å²) in [6.45, 7) is 2.18. The lowest BCUT2D eigenvalue weighted by atomic mass is 9.92. The molecule has 1 heterocycles. The van der Waals surface area contributed by atoms with Gasteiger partial charge >= 0.3 is 6.03 Å². The third-order valence-electron chi connectivity index (χ3n) is 4.47. The van der Waals surface area contributed by atoms with Crippen LogP contribution in [0.1, 0.15) is 18.9 Å². The number of nitrogens with zero attached hydrogens (tertiary/aromatic N) is 2. The number of carbonyl (C=O) groups excluding carboxylic acids is 2. The van der Waals surface area contributed by atoms with Gasteiger partial charge in [-0.15, -0.1) is 0 Å². The first-order valence-electron chi connectivity index (χ1n) is 8.49. The Hall–Kier alpha value is -3.42. The molecule has 1 aliphatic heterocycles. The molecule has 27 heavy (non-hydrogen) atoms. The summed E-state index contributed by atoms with van der Waals surface area (Å²) in [5, 5.41) is 13.5. The molecule has 8 heteroatoms. The number of benzene rings is 2. The summed E-state index contributed by atoms with van der Waals surface area (Å²) in [6.07, 6.45) is 0.490. The molecule has 1 saturated heterocycles. The zero-order chi connectivity index (χ0) is 19.4. The molecule has 0 saturated carbocycles. The van der Waals surface area contributed by atoms with Gasteiger partial charge in [0, 0.05) is 18.7 Å². The van der Waals surface area contributed by atoms with Crippen molar-refractivity contribution in [3.63, 3.8) is 0 Å². The first-order valence-corrected chi connectivity index (χ1v) is 8.49. The quantitative estimate of drug-likeness (QED) is 0.350. The Morgan fingerprint density at radius 2 is 1.78 bits per heavy atom. The van der Waals surface area contributed by atoms with Crippen LogP contribution < -0.4 is 10.1 Å². The van der Waals surface area contributed by atoms with Crippen molar-refractivity contribution in [1.29, 1.82) is 0 Å². The van der Waals surface area contributed by atoms with Crippen molar-refractivity contribution in [2.75, 3.05) is 13.2 Å². The van der Waals surface area contributed by atoms with Crippen molar-refractivity contribution in [3.05, 3.63) is 70.3 Å². The predicted molar refractivity (Wildman–Crippen MR) is 97.2 cm³/mol. The van der Waals surface area contributed by atoms with Gasteiger partial charge in [-0.05, 0) is 43.2 Å². The van der Waals surface area contributed by atoms with Crippen LogP contribution in [0.25, 0.3) is 0 Å². The third-order valence-corrected chi connectivity index (χ3v) is 4.47. The molecule has 3 amide bonds. The molecule has 2 aromatic carbocycles. The van der Waals surface area contributed by atoms with E-state index in [0.29, 0.717) is 18.6 Å². The zero-order valence-electron chi connectivity index (χ0n) is 14.8. The summed E-state index contributed by atoms with van der Waals surface area (Å²) in [7, 11) is 0. The Kier molecular flexibility index (Phi) is 5.07. The highest BCUT2D eigenvalue weighted by atomic mass is 16.6. The van der Waals surface area contributed by atoms with Crippen molar-refractivity contribution in [2.24, 2.45) is 0 Å². The number of nitro groups is 1. The minimum absolute atomic E-state index is 0.0750. The topological polar surface area (TPSA) is 102 Å². The first-order chi connectivity index (χ1) is 12.9. The highest BCUT2D eigenvalue weighted by Crippen LogP contribution is 2.30. The normalized spacial score (nSPS) is 19.1. The molecule has 0 spiro atoms. The molecule has 1 atom stereocenters. The van der Waals surface area contributed by atoms with Gasteiger partial charge in [0.15, 0.2) is 0 Å². The van der Waals surface area contributed by atoms with Crippen LogP contribution in [-0.4, -0.2) is 34.9 Å². The Morgan fingerprint density at radius 3 is 2.41 bits per heavy atom. The second kappa shape index (κ2) is 7.45. The van der Waals surface area contributed by atoms with Gasteiger partial charge in [0.05, 0.1) is 11.5 Å². The molecule has 2 aromatic rings. The number of hydrogen-bond donors (Lipinski definition) is 1. The number of nitrogens with one attached hydrogen (secondary N) is 1. The Morgan fingerprint density at radius 1 is 1.11 bits per heavy atom. The van der Waals surface area contributed by atoms with Gasteiger partial charge in [0.25, 0.3) is 11.6 Å². The molecule has 0 radical (unpaired) electrons. The highest BCUT2D eigenvalue weighted by Gasteiger charge is 2.48. The summed E-state index contributed by atoms with van der Waals surface area (Å²) in [5.74, 6) is 0.339. The van der Waals surface area contributed by atoms with E-state index >= 15 is 0 Å². The molecule has 1 aliphatic rings. The van der Waals surface area contributed by atoms with Gasteiger partial charge in [-0.25, -0.2) is 4.79 Å². The van der Waals surface area contributed by atoms with Crippen LogP contribution in [-0.2, 0) is 10.3 Å². The van der Waals surface area contributed by atoms with E-state index in [4.69, 9.17) is 4.74 Å². The molecular weight excluding hydrogens is 350 g/mol. The molecule has 0 bridgehead atoms. The second-order valence-corrected chi connectivity index (χ2v) is 6.33. The number of carbonyl (C=O) groups is 2. The van der Waals surface area contributed by atoms with Crippen molar-refractivity contribution in [1.82, 2.24) is 10.2 Å². The summed E-state index contributed by atoms with van der Waals surface area (Å²) >= 11 is 0. The van der Waals surface area contributed by atoms with Crippen LogP contribution in [0.3, 0.4) is 0 Å². The SMILES string of the molecule is CC1(c2ccc([N+](=O)[O-])cc2)NC(=O)N(CCCOc2ccccc2)C1=O. The maximum absolute atomic E-state index is 12.8. The number of hydrogen-bond acceptors (Lipinski definition) is 5. The van der Waals surface area contributed by atoms with E-state index < -0.39 is 16.5 Å². The zero-order valence-corrected chi connectivity index (χ0v) is 14.8. The monoisotopic (exact) mass is 369 g/mol. The number of imide groups is 1. The molecular formula is C19H19N3O5. The predicted octanol–water partition coefficient (Wildman–Crippen LogP) is 2.83. The minimum Gasteiger partial charge on any atom is -0.494 e. The van der Waals surface area contributed by atoms with Gasteiger partial charge < -0.3 is 10.1 Å². The van der Waals surface area contributed by atoms with E-state index in [-0.39, 0.29) is 18.1 Å². The Bertz CT molecular complexity index is 853. The van der Waals surface area contributed by atoms with Gasteiger partial charge in [-0.1, -0.05) is 18.2 Å². The van der Waals surface area contributed by atoms with Crippen molar-refractivity contribution in [2.45, 2.75) is 18.9 Å². The van der Waals surface area contributed by atoms with E-state index in [1.807, 2.05) is 30.3 Å². The molecule has 0 aromatic heterocycles. The second-order valence-electron chi connectivity index (χ2n) is 6.33. The Balaban J connectivity index is 1.62. The number of urea groups is 1. The summed E-state index contributed by atoms with van der Waals surface area (Å²) in [5.41, 5.74) is -0.824. The number of non-ortho nitro benzene ring substituents is 1. The standard InChI is InChI=1S/C19H19N3O5/c1-19(14-8-10-15(11-9-14)22(25)26)17(23)21(18(24)20-19)12-5-13-27-16-6-3-2-4-7-16/h2-4,6-11H,5,12-13H2,1H3,(H,20,24). The Labute approximate surface area is 155 Å². The van der Waals surface area contributed by atoms with E-state index in [1.165, 1.54) is 24.3 Å². The number of para-hydroxylation sites is 1. The molecule has 8 nitrogen and oxygen atoms in total. The van der Waals surface area contributed by atoms with E-state index in [0.717, 1.165) is 10.6 Å². The van der Waals surface area contributed by atoms with Crippen molar-refractivity contribution in [3.8, 4) is 5.75 Å². The molecule has 1 N–H and O–H groups in total. The van der Waals surface area contributed by atoms with Crippen LogP contribution in [0.5, 0.6) is 5.75 Å². The number of ether oxygens (including phenoxy) is 1. The van der Waals surface area contributed by atoms with E-state index in [1.54, 1.807) is 6.92 Å². The fraction of sp³-hybridized carbons (Fsp3) is 0.263. The minimum atomic E-state index is -1.24. The fourth-order valence-electron chi connectivity index (χ4n) is 2.94. The molecule has 140 valence electrons. The summed E-state index contributed by atoms with van der Waals surface area (Å²) in [6, 6.07) is 14.4. The lowest BCUT2D eigenvalue weighted by molar-refractivity contribution is -0.384. The van der Waals surface area contributed by atoms with Gasteiger partial charge in [0.2, 0.25) is 0 Å². The van der Waals surface area contributed by atoms with Crippen molar-refractivity contribution < 1.29 is 19.2 Å². The van der Waals surface area contributed by atoms with E-state index in [9.17, 15) is 19.7 Å². The van der Waals surface area contributed by atoms with Crippen LogP contribution in [0.4, 0.5) is 10.5 Å². The molecule has 0 aliphatic carbocycles. The maximum atomic E-state index is 12.8. The number of amides is 3. The van der Waals surface area contributed by atoms with Gasteiger partial charge in [-0.2, -0.15) is 0 Å². The van der Waals surface area contributed by atoms with Gasteiger partial charge in [0.1, 0.15) is 11.3 Å². The third kappa shape index (κ3) is 3.74. The lowest BCUT2D eigenvalue weighted by Gasteiger charge is -2.22. The van der Waals surface area contributed by atoms with Crippen LogP contribution >= 0.6 is 0 Å². The van der Waals surface area contributed by atoms with Crippen molar-refractivity contribution >= 4 is 17.6 Å². The summed E-state index contributed by atoms with van der Waals surface area (Å²) in [4.78, 5) is 36.5.